The second-order valence-electron chi connectivity index (χ2n) is 12.7. The van der Waals surface area contributed by atoms with Gasteiger partial charge in [-0.05, 0) is 66.0 Å². The van der Waals surface area contributed by atoms with Crippen LogP contribution in [-0.2, 0) is 12.8 Å². The van der Waals surface area contributed by atoms with Gasteiger partial charge in [-0.25, -0.2) is 8.78 Å². The highest BCUT2D eigenvalue weighted by atomic mass is 19.2. The third kappa shape index (κ3) is 8.40. The summed E-state index contributed by atoms with van der Waals surface area (Å²) in [4.78, 5) is 0. The Morgan fingerprint density at radius 3 is 1.68 bits per heavy atom. The molecule has 0 N–H and O–H groups in total. The minimum absolute atomic E-state index is 0.389. The van der Waals surface area contributed by atoms with Gasteiger partial charge in [0.05, 0.1) is 0 Å². The van der Waals surface area contributed by atoms with Crippen molar-refractivity contribution in [1.29, 1.82) is 0 Å². The van der Waals surface area contributed by atoms with Gasteiger partial charge in [-0.1, -0.05) is 140 Å². The van der Waals surface area contributed by atoms with E-state index in [2.05, 4.69) is 26.0 Å². The van der Waals surface area contributed by atoms with Gasteiger partial charge in [-0.3, -0.25) is 0 Å². The average molecular weight is 523 g/mol. The zero-order valence-electron chi connectivity index (χ0n) is 24.3. The number of hydrogen-bond donors (Lipinski definition) is 0. The first-order valence-corrected chi connectivity index (χ1v) is 16.1. The Morgan fingerprint density at radius 1 is 0.553 bits per heavy atom. The van der Waals surface area contributed by atoms with Crippen molar-refractivity contribution in [2.75, 3.05) is 0 Å². The molecule has 0 aromatic heterocycles. The molecule has 0 heterocycles. The zero-order valence-corrected chi connectivity index (χ0v) is 24.3. The molecule has 38 heavy (non-hydrogen) atoms. The molecular formula is C36H52F2. The predicted molar refractivity (Wildman–Crippen MR) is 158 cm³/mol. The monoisotopic (exact) mass is 522 g/mol. The highest BCUT2D eigenvalue weighted by Crippen LogP contribution is 2.36. The summed E-state index contributed by atoms with van der Waals surface area (Å²) in [6, 6.07) is 11.8. The van der Waals surface area contributed by atoms with Crippen molar-refractivity contribution in [3.05, 3.63) is 59.2 Å². The van der Waals surface area contributed by atoms with Crippen LogP contribution in [0.3, 0.4) is 0 Å². The summed E-state index contributed by atoms with van der Waals surface area (Å²) in [6.45, 7) is 4.56. The molecule has 2 aromatic carbocycles. The van der Waals surface area contributed by atoms with Gasteiger partial charge >= 0.3 is 0 Å². The Morgan fingerprint density at radius 2 is 1.11 bits per heavy atom. The molecule has 0 saturated heterocycles. The van der Waals surface area contributed by atoms with E-state index in [1.165, 1.54) is 102 Å². The lowest BCUT2D eigenvalue weighted by Gasteiger charge is -2.28. The molecule has 2 saturated carbocycles. The average Bonchev–Trinajstić information content (AvgIpc) is 2.95. The van der Waals surface area contributed by atoms with Crippen molar-refractivity contribution in [2.24, 2.45) is 23.7 Å². The van der Waals surface area contributed by atoms with Crippen LogP contribution in [0.15, 0.2) is 36.4 Å². The molecule has 0 bridgehead atoms. The Hall–Kier alpha value is -1.70. The van der Waals surface area contributed by atoms with Crippen LogP contribution in [0.2, 0.25) is 0 Å². The first-order valence-electron chi connectivity index (χ1n) is 16.1. The summed E-state index contributed by atoms with van der Waals surface area (Å²) in [5, 5.41) is 0. The minimum atomic E-state index is -0.682. The van der Waals surface area contributed by atoms with Crippen LogP contribution in [0, 0.1) is 35.3 Å². The van der Waals surface area contributed by atoms with Crippen LogP contribution >= 0.6 is 0 Å². The number of halogens is 2. The number of unbranched alkanes of at least 4 members (excludes halogenated alkanes) is 2. The number of aryl methyl sites for hydroxylation is 2. The second kappa shape index (κ2) is 15.2. The van der Waals surface area contributed by atoms with Gasteiger partial charge in [0.15, 0.2) is 11.6 Å². The molecule has 4 rings (SSSR count). The van der Waals surface area contributed by atoms with Gasteiger partial charge in [0.2, 0.25) is 0 Å². The van der Waals surface area contributed by atoms with Crippen LogP contribution in [-0.4, -0.2) is 0 Å². The maximum Gasteiger partial charge on any atom is 0.166 e. The summed E-state index contributed by atoms with van der Waals surface area (Å²) in [5.41, 5.74) is 3.02. The summed E-state index contributed by atoms with van der Waals surface area (Å²) in [5.74, 6) is 2.04. The van der Waals surface area contributed by atoms with E-state index in [9.17, 15) is 0 Å². The number of benzene rings is 2. The summed E-state index contributed by atoms with van der Waals surface area (Å²) < 4.78 is 30.2. The van der Waals surface area contributed by atoms with E-state index in [0.29, 0.717) is 23.5 Å². The molecule has 2 aliphatic carbocycles. The topological polar surface area (TPSA) is 0 Å². The molecular weight excluding hydrogens is 470 g/mol. The van der Waals surface area contributed by atoms with Crippen LogP contribution in [0.25, 0.3) is 11.1 Å². The highest BCUT2D eigenvalue weighted by Gasteiger charge is 2.23. The van der Waals surface area contributed by atoms with Gasteiger partial charge in [0.25, 0.3) is 0 Å². The van der Waals surface area contributed by atoms with E-state index >= 15 is 8.78 Å². The molecule has 0 unspecified atom stereocenters. The first kappa shape index (κ1) is 29.3. The molecule has 2 aromatic rings. The van der Waals surface area contributed by atoms with Gasteiger partial charge in [-0.15, -0.1) is 0 Å². The fraction of sp³-hybridized carbons (Fsp3) is 0.667. The molecule has 0 amide bonds. The maximum absolute atomic E-state index is 15.1. The Labute approximate surface area is 232 Å². The molecule has 210 valence electrons. The van der Waals surface area contributed by atoms with Gasteiger partial charge in [0, 0.05) is 5.56 Å². The third-order valence-electron chi connectivity index (χ3n) is 9.94. The van der Waals surface area contributed by atoms with Gasteiger partial charge < -0.3 is 0 Å². The molecule has 2 aliphatic rings. The molecule has 0 aliphatic heterocycles. The minimum Gasteiger partial charge on any atom is -0.203 e. The SMILES string of the molecule is CCCCCC1CCC(CCc2ccc(-c3ccc(CCC4CCC(CCC)CC4)cc3)c(F)c2F)CC1. The lowest BCUT2D eigenvalue weighted by molar-refractivity contribution is 0.248. The van der Waals surface area contributed by atoms with Crippen molar-refractivity contribution in [2.45, 2.75) is 129 Å². The smallest absolute Gasteiger partial charge is 0.166 e. The van der Waals surface area contributed by atoms with Crippen LogP contribution in [0.1, 0.15) is 128 Å². The normalized spacial score (nSPS) is 24.0. The van der Waals surface area contributed by atoms with Crippen molar-refractivity contribution in [3.63, 3.8) is 0 Å². The van der Waals surface area contributed by atoms with E-state index < -0.39 is 11.6 Å². The Kier molecular flexibility index (Phi) is 11.7. The quantitative estimate of drug-likeness (QED) is 0.229. The van der Waals surface area contributed by atoms with E-state index in [4.69, 9.17) is 0 Å². The van der Waals surface area contributed by atoms with E-state index in [-0.39, 0.29) is 0 Å². The molecule has 0 spiro atoms. The van der Waals surface area contributed by atoms with E-state index in [0.717, 1.165) is 36.2 Å². The Bertz CT molecular complexity index is 946. The first-order chi connectivity index (χ1) is 18.6. The fourth-order valence-electron chi connectivity index (χ4n) is 7.30. The second-order valence-corrected chi connectivity index (χ2v) is 12.7. The van der Waals surface area contributed by atoms with Crippen LogP contribution in [0.4, 0.5) is 8.78 Å². The van der Waals surface area contributed by atoms with Crippen molar-refractivity contribution >= 4 is 0 Å². The largest absolute Gasteiger partial charge is 0.203 e. The number of rotatable bonds is 13. The van der Waals surface area contributed by atoms with Gasteiger partial charge in [-0.2, -0.15) is 0 Å². The zero-order chi connectivity index (χ0) is 26.7. The molecule has 2 heteroatoms. The molecule has 0 radical (unpaired) electrons. The maximum atomic E-state index is 15.1. The molecule has 0 atom stereocenters. The van der Waals surface area contributed by atoms with Gasteiger partial charge in [0.1, 0.15) is 0 Å². The van der Waals surface area contributed by atoms with Crippen molar-refractivity contribution in [3.8, 4) is 11.1 Å². The molecule has 2 fully saturated rings. The molecule has 0 nitrogen and oxygen atoms in total. The number of hydrogen-bond acceptors (Lipinski definition) is 0. The standard InChI is InChI=1S/C36H52F2/c1-3-5-6-8-28-11-15-30(16-12-28)21-24-33-25-26-34(36(38)35(33)37)32-22-19-31(20-23-32)18-17-29-13-9-27(7-4-2)10-14-29/h19-20,22-23,25-30H,3-18,21,24H2,1-2H3. The van der Waals surface area contributed by atoms with Crippen LogP contribution in [0.5, 0.6) is 0 Å². The van der Waals surface area contributed by atoms with E-state index in [1.54, 1.807) is 6.07 Å². The van der Waals surface area contributed by atoms with Crippen molar-refractivity contribution < 1.29 is 8.78 Å². The lowest BCUT2D eigenvalue weighted by atomic mass is 9.77. The van der Waals surface area contributed by atoms with Crippen molar-refractivity contribution in [1.82, 2.24) is 0 Å². The summed E-state index contributed by atoms with van der Waals surface area (Å²) in [7, 11) is 0. The lowest BCUT2D eigenvalue weighted by Crippen LogP contribution is -2.15. The predicted octanol–water partition coefficient (Wildman–Crippen LogP) is 11.5. The third-order valence-corrected chi connectivity index (χ3v) is 9.94. The Balaban J connectivity index is 1.24. The van der Waals surface area contributed by atoms with E-state index in [1.807, 2.05) is 18.2 Å². The van der Waals surface area contributed by atoms with Crippen LogP contribution < -0.4 is 0 Å². The summed E-state index contributed by atoms with van der Waals surface area (Å²) in [6.07, 6.45) is 22.8. The highest BCUT2D eigenvalue weighted by molar-refractivity contribution is 5.65. The fourth-order valence-corrected chi connectivity index (χ4v) is 7.30. The summed E-state index contributed by atoms with van der Waals surface area (Å²) >= 11 is 0.